The fourth-order valence-corrected chi connectivity index (χ4v) is 3.26. The molecule has 6 nitrogen and oxygen atoms in total. The molecule has 1 unspecified atom stereocenters. The van der Waals surface area contributed by atoms with Crippen molar-refractivity contribution >= 4 is 5.82 Å². The molecule has 4 rings (SSSR count). The Kier molecular flexibility index (Phi) is 4.58. The van der Waals surface area contributed by atoms with Gasteiger partial charge in [0.05, 0.1) is 7.11 Å². The van der Waals surface area contributed by atoms with Gasteiger partial charge in [0.25, 0.3) is 0 Å². The second-order valence-corrected chi connectivity index (χ2v) is 6.39. The van der Waals surface area contributed by atoms with Crippen molar-refractivity contribution in [1.82, 2.24) is 14.8 Å². The van der Waals surface area contributed by atoms with Crippen LogP contribution in [0.25, 0.3) is 22.4 Å². The van der Waals surface area contributed by atoms with Gasteiger partial charge < -0.3 is 15.2 Å². The Labute approximate surface area is 152 Å². The van der Waals surface area contributed by atoms with Crippen molar-refractivity contribution in [1.29, 1.82) is 0 Å². The van der Waals surface area contributed by atoms with Crippen LogP contribution in [-0.4, -0.2) is 28.5 Å². The van der Waals surface area contributed by atoms with E-state index in [2.05, 4.69) is 4.98 Å². The van der Waals surface area contributed by atoms with Crippen molar-refractivity contribution < 1.29 is 9.47 Å². The van der Waals surface area contributed by atoms with Crippen molar-refractivity contribution in [3.05, 3.63) is 48.8 Å². The van der Waals surface area contributed by atoms with Crippen LogP contribution >= 0.6 is 0 Å². The molecule has 1 atom stereocenters. The summed E-state index contributed by atoms with van der Waals surface area (Å²) in [4.78, 5) is 4.10. The second kappa shape index (κ2) is 7.17. The van der Waals surface area contributed by atoms with Gasteiger partial charge in [-0.25, -0.2) is 9.67 Å². The molecule has 1 aromatic carbocycles. The number of benzene rings is 1. The van der Waals surface area contributed by atoms with Crippen LogP contribution in [0, 0.1) is 0 Å². The summed E-state index contributed by atoms with van der Waals surface area (Å²) in [5.74, 6) is 1.31. The normalized spacial score (nSPS) is 17.2. The smallest absolute Gasteiger partial charge is 0.150 e. The van der Waals surface area contributed by atoms with Crippen LogP contribution in [0.3, 0.4) is 0 Å². The molecule has 0 spiro atoms. The van der Waals surface area contributed by atoms with Crippen molar-refractivity contribution in [2.45, 2.75) is 25.5 Å². The van der Waals surface area contributed by atoms with Crippen molar-refractivity contribution in [2.24, 2.45) is 0 Å². The summed E-state index contributed by atoms with van der Waals surface area (Å²) in [5.41, 5.74) is 9.81. The second-order valence-electron chi connectivity index (χ2n) is 6.39. The number of nitrogens with zero attached hydrogens (tertiary/aromatic N) is 3. The van der Waals surface area contributed by atoms with E-state index in [1.165, 1.54) is 0 Å². The molecule has 6 heteroatoms. The topological polar surface area (TPSA) is 75.2 Å². The number of methoxy groups -OCH3 is 1. The number of hydrogen-bond acceptors (Lipinski definition) is 5. The van der Waals surface area contributed by atoms with E-state index in [0.717, 1.165) is 54.0 Å². The molecule has 134 valence electrons. The van der Waals surface area contributed by atoms with E-state index in [4.69, 9.17) is 20.3 Å². The molecule has 0 amide bonds. The highest BCUT2D eigenvalue weighted by atomic mass is 16.5. The van der Waals surface area contributed by atoms with Crippen LogP contribution in [0.5, 0.6) is 5.75 Å². The molecule has 1 aliphatic rings. The molecule has 0 radical (unpaired) electrons. The average Bonchev–Trinajstić information content (AvgIpc) is 3.14. The van der Waals surface area contributed by atoms with Gasteiger partial charge in [-0.05, 0) is 61.2 Å². The average molecular weight is 350 g/mol. The molecule has 1 saturated heterocycles. The summed E-state index contributed by atoms with van der Waals surface area (Å²) in [7, 11) is 1.66. The van der Waals surface area contributed by atoms with Gasteiger partial charge >= 0.3 is 0 Å². The maximum absolute atomic E-state index is 5.91. The molecule has 0 aliphatic carbocycles. The first-order valence-electron chi connectivity index (χ1n) is 8.81. The number of ether oxygens (including phenoxy) is 2. The first-order chi connectivity index (χ1) is 12.7. The molecule has 1 aliphatic heterocycles. The third-order valence-corrected chi connectivity index (χ3v) is 4.64. The Morgan fingerprint density at radius 3 is 2.69 bits per heavy atom. The highest BCUT2D eigenvalue weighted by molar-refractivity contribution is 5.81. The van der Waals surface area contributed by atoms with Crippen molar-refractivity contribution in [3.63, 3.8) is 0 Å². The lowest BCUT2D eigenvalue weighted by Crippen LogP contribution is -2.18. The SMILES string of the molecule is COc1ccc(-c2nn(C3CCCCO3)cc2-c2ccnc(N)c2)cc1. The van der Waals surface area contributed by atoms with Crippen LogP contribution in [-0.2, 0) is 4.74 Å². The molecule has 3 heterocycles. The molecule has 2 aromatic heterocycles. The number of anilines is 1. The maximum Gasteiger partial charge on any atom is 0.150 e. The largest absolute Gasteiger partial charge is 0.497 e. The Morgan fingerprint density at radius 1 is 1.15 bits per heavy atom. The van der Waals surface area contributed by atoms with Crippen LogP contribution < -0.4 is 10.5 Å². The first kappa shape index (κ1) is 16.6. The molecule has 1 fully saturated rings. The Hall–Kier alpha value is -2.86. The van der Waals surface area contributed by atoms with Crippen LogP contribution in [0.4, 0.5) is 5.82 Å². The van der Waals surface area contributed by atoms with Gasteiger partial charge in [0, 0.05) is 30.1 Å². The zero-order valence-corrected chi connectivity index (χ0v) is 14.8. The van der Waals surface area contributed by atoms with Gasteiger partial charge in [-0.15, -0.1) is 0 Å². The van der Waals surface area contributed by atoms with E-state index in [0.29, 0.717) is 5.82 Å². The number of nitrogen functional groups attached to an aromatic ring is 1. The van der Waals surface area contributed by atoms with E-state index >= 15 is 0 Å². The predicted octanol–water partition coefficient (Wildman–Crippen LogP) is 3.90. The monoisotopic (exact) mass is 350 g/mol. The first-order valence-corrected chi connectivity index (χ1v) is 8.81. The summed E-state index contributed by atoms with van der Waals surface area (Å²) in [6.45, 7) is 0.778. The number of pyridine rings is 1. The van der Waals surface area contributed by atoms with Gasteiger partial charge in [-0.2, -0.15) is 5.10 Å². The number of nitrogens with two attached hydrogens (primary N) is 1. The minimum atomic E-state index is -0.0197. The van der Waals surface area contributed by atoms with Crippen molar-refractivity contribution in [3.8, 4) is 28.1 Å². The fourth-order valence-electron chi connectivity index (χ4n) is 3.26. The molecule has 26 heavy (non-hydrogen) atoms. The van der Waals surface area contributed by atoms with Gasteiger partial charge in [0.2, 0.25) is 0 Å². The zero-order chi connectivity index (χ0) is 17.9. The molecule has 3 aromatic rings. The molecular weight excluding hydrogens is 328 g/mol. The number of aromatic nitrogens is 3. The summed E-state index contributed by atoms with van der Waals surface area (Å²) >= 11 is 0. The van der Waals surface area contributed by atoms with Gasteiger partial charge in [-0.3, -0.25) is 0 Å². The summed E-state index contributed by atoms with van der Waals surface area (Å²) in [5, 5.41) is 4.86. The van der Waals surface area contributed by atoms with E-state index < -0.39 is 0 Å². The third-order valence-electron chi connectivity index (χ3n) is 4.64. The Balaban J connectivity index is 1.80. The lowest BCUT2D eigenvalue weighted by atomic mass is 10.0. The molecule has 2 N–H and O–H groups in total. The predicted molar refractivity (Wildman–Crippen MR) is 101 cm³/mol. The van der Waals surface area contributed by atoms with Crippen LogP contribution in [0.15, 0.2) is 48.8 Å². The van der Waals surface area contributed by atoms with E-state index in [9.17, 15) is 0 Å². The van der Waals surface area contributed by atoms with E-state index in [1.54, 1.807) is 13.3 Å². The van der Waals surface area contributed by atoms with E-state index in [1.807, 2.05) is 47.3 Å². The molecule has 0 saturated carbocycles. The molecular formula is C20H22N4O2. The summed E-state index contributed by atoms with van der Waals surface area (Å²) < 4.78 is 13.1. The Morgan fingerprint density at radius 2 is 2.00 bits per heavy atom. The number of rotatable bonds is 4. The quantitative estimate of drug-likeness (QED) is 0.772. The van der Waals surface area contributed by atoms with E-state index in [-0.39, 0.29) is 6.23 Å². The lowest BCUT2D eigenvalue weighted by molar-refractivity contribution is -0.0393. The number of hydrogen-bond donors (Lipinski definition) is 1. The molecule has 0 bridgehead atoms. The van der Waals surface area contributed by atoms with Crippen LogP contribution in [0.1, 0.15) is 25.5 Å². The standard InChI is InChI=1S/C20H22N4O2/c1-25-16-7-5-14(6-8-16)20-17(15-9-10-22-18(21)12-15)13-24(23-20)19-4-2-3-11-26-19/h5-10,12-13,19H,2-4,11H2,1H3,(H2,21,22). The minimum absolute atomic E-state index is 0.0197. The van der Waals surface area contributed by atoms with Gasteiger partial charge in [0.15, 0.2) is 0 Å². The Bertz CT molecular complexity index is 883. The fraction of sp³-hybridized carbons (Fsp3) is 0.300. The van der Waals surface area contributed by atoms with Gasteiger partial charge in [0.1, 0.15) is 23.5 Å². The van der Waals surface area contributed by atoms with Crippen molar-refractivity contribution in [2.75, 3.05) is 19.5 Å². The van der Waals surface area contributed by atoms with Crippen LogP contribution in [0.2, 0.25) is 0 Å². The maximum atomic E-state index is 5.91. The highest BCUT2D eigenvalue weighted by Gasteiger charge is 2.21. The lowest BCUT2D eigenvalue weighted by Gasteiger charge is -2.22. The summed E-state index contributed by atoms with van der Waals surface area (Å²) in [6, 6.07) is 11.7. The minimum Gasteiger partial charge on any atom is -0.497 e. The zero-order valence-electron chi connectivity index (χ0n) is 14.8. The third kappa shape index (κ3) is 3.28. The highest BCUT2D eigenvalue weighted by Crippen LogP contribution is 2.34. The van der Waals surface area contributed by atoms with Gasteiger partial charge in [-0.1, -0.05) is 0 Å². The summed E-state index contributed by atoms with van der Waals surface area (Å²) in [6.07, 6.45) is 6.98.